The van der Waals surface area contributed by atoms with E-state index < -0.39 is 59.4 Å². The molecule has 0 aliphatic heterocycles. The van der Waals surface area contributed by atoms with Crippen molar-refractivity contribution in [2.75, 3.05) is 13.2 Å². The highest BCUT2D eigenvalue weighted by Crippen LogP contribution is 2.47. The highest BCUT2D eigenvalue weighted by atomic mass is 19.4. The fourth-order valence-electron chi connectivity index (χ4n) is 3.96. The lowest BCUT2D eigenvalue weighted by Gasteiger charge is -2.47. The Kier molecular flexibility index (Phi) is 9.78. The minimum absolute atomic E-state index is 0.0402. The van der Waals surface area contributed by atoms with Crippen molar-refractivity contribution >= 4 is 5.97 Å². The third-order valence-corrected chi connectivity index (χ3v) is 6.64. The maximum Gasteiger partial charge on any atom is 0.428 e. The molecule has 3 unspecified atom stereocenters. The Balaban J connectivity index is 3.23. The first kappa shape index (κ1) is 32.7. The van der Waals surface area contributed by atoms with Crippen molar-refractivity contribution < 1.29 is 55.6 Å². The second kappa shape index (κ2) is 10.8. The van der Waals surface area contributed by atoms with E-state index in [1.807, 2.05) is 0 Å². The molecule has 0 bridgehead atoms. The fraction of sp³-hybridized carbons (Fsp3) is 0.875. The summed E-state index contributed by atoms with van der Waals surface area (Å²) in [6.45, 7) is 12.1. The molecule has 1 fully saturated rings. The molecule has 1 aliphatic carbocycles. The molecule has 212 valence electrons. The number of ether oxygens (including phenoxy) is 3. The molecular weight excluding hydrogens is 498 g/mol. The van der Waals surface area contributed by atoms with Crippen LogP contribution < -0.4 is 0 Å². The zero-order valence-electron chi connectivity index (χ0n) is 21.8. The second-order valence-electron chi connectivity index (χ2n) is 11.4. The standard InChI is InChI=1S/C24H38F6O6/c1-14(2)18(31)36-17-10-15(20(5,6)34-12-19(3,4)32)9-16(11-17)21(7,8)35-13-22(33,23(25,26)27)24(28,29)30/h15-17,32-33H,1,9-13H2,2-8H3. The van der Waals surface area contributed by atoms with Crippen molar-refractivity contribution in [1.82, 2.24) is 0 Å². The van der Waals surface area contributed by atoms with Gasteiger partial charge < -0.3 is 24.4 Å². The highest BCUT2D eigenvalue weighted by Gasteiger charge is 2.71. The fourth-order valence-corrected chi connectivity index (χ4v) is 3.96. The van der Waals surface area contributed by atoms with E-state index in [4.69, 9.17) is 14.2 Å². The van der Waals surface area contributed by atoms with Crippen LogP contribution in [-0.2, 0) is 19.0 Å². The number of halogens is 6. The van der Waals surface area contributed by atoms with Gasteiger partial charge in [0.2, 0.25) is 0 Å². The first-order valence-corrected chi connectivity index (χ1v) is 11.5. The molecule has 3 atom stereocenters. The van der Waals surface area contributed by atoms with Crippen LogP contribution in [0.5, 0.6) is 0 Å². The molecule has 0 radical (unpaired) electrons. The monoisotopic (exact) mass is 536 g/mol. The van der Waals surface area contributed by atoms with Crippen molar-refractivity contribution in [2.45, 2.75) is 109 Å². The van der Waals surface area contributed by atoms with Gasteiger partial charge in [0.1, 0.15) is 6.10 Å². The Morgan fingerprint density at radius 3 is 1.53 bits per heavy atom. The van der Waals surface area contributed by atoms with Crippen LogP contribution in [-0.4, -0.2) is 70.3 Å². The van der Waals surface area contributed by atoms with Gasteiger partial charge in [-0.1, -0.05) is 6.58 Å². The maximum atomic E-state index is 13.1. The first-order valence-electron chi connectivity index (χ1n) is 11.5. The SMILES string of the molecule is C=C(C)C(=O)OC1CC(C(C)(C)OCC(C)(C)O)CC(C(C)(C)OCC(O)(C(F)(F)F)C(F)(F)F)C1. The van der Waals surface area contributed by atoms with Crippen LogP contribution in [0.3, 0.4) is 0 Å². The summed E-state index contributed by atoms with van der Waals surface area (Å²) in [5, 5.41) is 19.5. The summed E-state index contributed by atoms with van der Waals surface area (Å²) in [6.07, 6.45) is -12.1. The minimum atomic E-state index is -6.01. The lowest BCUT2D eigenvalue weighted by Crippen LogP contribution is -2.61. The van der Waals surface area contributed by atoms with Crippen LogP contribution in [0.15, 0.2) is 12.2 Å². The molecule has 1 saturated carbocycles. The quantitative estimate of drug-likeness (QED) is 0.229. The number of hydrogen-bond donors (Lipinski definition) is 2. The third kappa shape index (κ3) is 8.32. The van der Waals surface area contributed by atoms with Crippen LogP contribution in [0, 0.1) is 11.8 Å². The van der Waals surface area contributed by atoms with Gasteiger partial charge in [-0.2, -0.15) is 26.3 Å². The summed E-state index contributed by atoms with van der Waals surface area (Å²) in [7, 11) is 0. The van der Waals surface area contributed by atoms with Crippen LogP contribution in [0.4, 0.5) is 26.3 Å². The largest absolute Gasteiger partial charge is 0.459 e. The van der Waals surface area contributed by atoms with E-state index in [1.54, 1.807) is 27.7 Å². The summed E-state index contributed by atoms with van der Waals surface area (Å²) >= 11 is 0. The van der Waals surface area contributed by atoms with Crippen LogP contribution in [0.25, 0.3) is 0 Å². The summed E-state index contributed by atoms with van der Waals surface area (Å²) in [6, 6.07) is 0. The molecule has 12 heteroatoms. The third-order valence-electron chi connectivity index (χ3n) is 6.64. The molecule has 6 nitrogen and oxygen atoms in total. The summed E-state index contributed by atoms with van der Waals surface area (Å²) in [4.78, 5) is 12.2. The average Bonchev–Trinajstić information content (AvgIpc) is 2.68. The van der Waals surface area contributed by atoms with E-state index in [9.17, 15) is 41.4 Å². The molecule has 0 amide bonds. The van der Waals surface area contributed by atoms with Gasteiger partial charge in [0.05, 0.1) is 30.0 Å². The molecule has 36 heavy (non-hydrogen) atoms. The van der Waals surface area contributed by atoms with Crippen molar-refractivity contribution in [3.05, 3.63) is 12.2 Å². The van der Waals surface area contributed by atoms with Gasteiger partial charge in [0, 0.05) is 5.57 Å². The Hall–Kier alpha value is -1.37. The summed E-state index contributed by atoms with van der Waals surface area (Å²) < 4.78 is 95.4. The zero-order chi connectivity index (χ0) is 28.5. The average molecular weight is 537 g/mol. The van der Waals surface area contributed by atoms with Crippen LogP contribution >= 0.6 is 0 Å². The first-order chi connectivity index (χ1) is 15.8. The second-order valence-corrected chi connectivity index (χ2v) is 11.4. The lowest BCUT2D eigenvalue weighted by molar-refractivity contribution is -0.383. The number of rotatable bonds is 10. The van der Waals surface area contributed by atoms with Crippen molar-refractivity contribution in [3.8, 4) is 0 Å². The van der Waals surface area contributed by atoms with Crippen molar-refractivity contribution in [1.29, 1.82) is 0 Å². The van der Waals surface area contributed by atoms with E-state index in [-0.39, 0.29) is 30.9 Å². The van der Waals surface area contributed by atoms with Gasteiger partial charge >= 0.3 is 18.3 Å². The Morgan fingerprint density at radius 2 is 1.19 bits per heavy atom. The van der Waals surface area contributed by atoms with Gasteiger partial charge in [-0.25, -0.2) is 4.79 Å². The topological polar surface area (TPSA) is 85.2 Å². The molecule has 0 heterocycles. The summed E-state index contributed by atoms with van der Waals surface area (Å²) in [5.74, 6) is -1.72. The Bertz CT molecular complexity index is 767. The van der Waals surface area contributed by atoms with Gasteiger partial charge in [-0.15, -0.1) is 0 Å². The predicted octanol–water partition coefficient (Wildman–Crippen LogP) is 5.11. The van der Waals surface area contributed by atoms with Gasteiger partial charge in [-0.05, 0) is 79.6 Å². The highest BCUT2D eigenvalue weighted by molar-refractivity contribution is 5.87. The van der Waals surface area contributed by atoms with Crippen molar-refractivity contribution in [3.63, 3.8) is 0 Å². The zero-order valence-corrected chi connectivity index (χ0v) is 21.8. The van der Waals surface area contributed by atoms with Gasteiger partial charge in [0.25, 0.3) is 5.60 Å². The molecule has 0 aromatic heterocycles. The van der Waals surface area contributed by atoms with Gasteiger partial charge in [0.15, 0.2) is 0 Å². The van der Waals surface area contributed by atoms with E-state index in [0.29, 0.717) is 6.42 Å². The van der Waals surface area contributed by atoms with E-state index in [1.165, 1.54) is 20.8 Å². The molecule has 1 aliphatic rings. The maximum absolute atomic E-state index is 13.1. The van der Waals surface area contributed by atoms with Crippen LogP contribution in [0.2, 0.25) is 0 Å². The van der Waals surface area contributed by atoms with E-state index in [2.05, 4.69) is 6.58 Å². The normalized spacial score (nSPS) is 22.9. The number of aliphatic hydroxyl groups is 2. The number of carbonyl (C=O) groups is 1. The van der Waals surface area contributed by atoms with Crippen molar-refractivity contribution in [2.24, 2.45) is 11.8 Å². The number of carbonyl (C=O) groups excluding carboxylic acids is 1. The Labute approximate surface area is 208 Å². The molecule has 0 saturated heterocycles. The molecule has 0 spiro atoms. The molecule has 2 N–H and O–H groups in total. The van der Waals surface area contributed by atoms with Gasteiger partial charge in [-0.3, -0.25) is 0 Å². The molecule has 0 aromatic carbocycles. The number of esters is 1. The number of alkyl halides is 6. The van der Waals surface area contributed by atoms with Crippen LogP contribution in [0.1, 0.15) is 67.7 Å². The molecule has 0 aromatic rings. The summed E-state index contributed by atoms with van der Waals surface area (Å²) in [5.41, 5.74) is -8.56. The number of hydrogen-bond acceptors (Lipinski definition) is 6. The molecular formula is C24H38F6O6. The Morgan fingerprint density at radius 1 is 0.806 bits per heavy atom. The van der Waals surface area contributed by atoms with E-state index >= 15 is 0 Å². The van der Waals surface area contributed by atoms with E-state index in [0.717, 1.165) is 0 Å². The predicted molar refractivity (Wildman–Crippen MR) is 119 cm³/mol. The smallest absolute Gasteiger partial charge is 0.428 e. The minimum Gasteiger partial charge on any atom is -0.459 e. The molecule has 1 rings (SSSR count). The lowest BCUT2D eigenvalue weighted by atomic mass is 9.68.